The third-order valence-corrected chi connectivity index (χ3v) is 6.63. The Hall–Kier alpha value is -3.83. The number of halogens is 2. The second-order valence-corrected chi connectivity index (χ2v) is 9.15. The number of methoxy groups -OCH3 is 1. The number of nitrogens with one attached hydrogen (secondary N) is 2. The van der Waals surface area contributed by atoms with Gasteiger partial charge in [0.15, 0.2) is 0 Å². The average molecular weight is 504 g/mol. The van der Waals surface area contributed by atoms with Crippen molar-refractivity contribution in [3.8, 4) is 0 Å². The number of amides is 2. The highest BCUT2D eigenvalue weighted by Gasteiger charge is 2.28. The van der Waals surface area contributed by atoms with E-state index < -0.39 is 40.0 Å². The second-order valence-electron chi connectivity index (χ2n) is 7.28. The predicted molar refractivity (Wildman–Crippen MR) is 127 cm³/mol. The number of para-hydroxylation sites is 1. The summed E-state index contributed by atoms with van der Waals surface area (Å²) < 4.78 is 59.1. The lowest BCUT2D eigenvalue weighted by atomic mass is 10.1. The molecule has 35 heavy (non-hydrogen) atoms. The van der Waals surface area contributed by atoms with Gasteiger partial charge in [0.05, 0.1) is 28.4 Å². The Balaban J connectivity index is 1.88. The third kappa shape index (κ3) is 6.61. The number of rotatable bonds is 10. The van der Waals surface area contributed by atoms with Crippen molar-refractivity contribution in [3.05, 3.63) is 90.0 Å². The molecule has 0 aliphatic rings. The fourth-order valence-corrected chi connectivity index (χ4v) is 4.55. The van der Waals surface area contributed by atoms with Crippen LogP contribution in [-0.2, 0) is 19.6 Å². The summed E-state index contributed by atoms with van der Waals surface area (Å²) in [5.74, 6) is -2.43. The van der Waals surface area contributed by atoms with Gasteiger partial charge in [-0.15, -0.1) is 0 Å². The van der Waals surface area contributed by atoms with Crippen LogP contribution in [0.3, 0.4) is 0 Å². The quantitative estimate of drug-likeness (QED) is 0.414. The topological polar surface area (TPSA) is 105 Å². The third-order valence-electron chi connectivity index (χ3n) is 4.84. The van der Waals surface area contributed by atoms with E-state index in [9.17, 15) is 26.8 Å². The molecule has 2 N–H and O–H groups in total. The molecule has 0 heterocycles. The van der Waals surface area contributed by atoms with Crippen LogP contribution in [-0.4, -0.2) is 47.0 Å². The van der Waals surface area contributed by atoms with Gasteiger partial charge in [-0.05, 0) is 60.7 Å². The van der Waals surface area contributed by atoms with E-state index in [0.29, 0.717) is 6.61 Å². The van der Waals surface area contributed by atoms with E-state index in [1.807, 2.05) is 0 Å². The van der Waals surface area contributed by atoms with Gasteiger partial charge in [-0.2, -0.15) is 0 Å². The van der Waals surface area contributed by atoms with Crippen molar-refractivity contribution >= 4 is 33.2 Å². The number of anilines is 2. The van der Waals surface area contributed by atoms with Crippen molar-refractivity contribution in [3.63, 3.8) is 0 Å². The average Bonchev–Trinajstić information content (AvgIpc) is 2.84. The molecular weight excluding hydrogens is 480 g/mol. The summed E-state index contributed by atoms with van der Waals surface area (Å²) in [7, 11) is -2.83. The minimum absolute atomic E-state index is 0.0245. The molecule has 184 valence electrons. The van der Waals surface area contributed by atoms with Crippen LogP contribution < -0.4 is 14.9 Å². The molecule has 0 atom stereocenters. The Bertz CT molecular complexity index is 1280. The lowest BCUT2D eigenvalue weighted by Gasteiger charge is -2.24. The highest BCUT2D eigenvalue weighted by molar-refractivity contribution is 7.92. The van der Waals surface area contributed by atoms with E-state index in [0.717, 1.165) is 40.7 Å². The van der Waals surface area contributed by atoms with Gasteiger partial charge in [0.2, 0.25) is 5.91 Å². The van der Waals surface area contributed by atoms with Gasteiger partial charge in [0, 0.05) is 13.7 Å². The maximum Gasteiger partial charge on any atom is 0.264 e. The van der Waals surface area contributed by atoms with Crippen molar-refractivity contribution < 1.29 is 31.5 Å². The molecule has 3 aromatic rings. The molecule has 3 rings (SSSR count). The Morgan fingerprint density at radius 1 is 0.914 bits per heavy atom. The number of benzene rings is 3. The zero-order valence-electron chi connectivity index (χ0n) is 18.7. The summed E-state index contributed by atoms with van der Waals surface area (Å²) in [6, 6.07) is 14.9. The van der Waals surface area contributed by atoms with Gasteiger partial charge in [-0.25, -0.2) is 17.2 Å². The number of sulfonamides is 1. The molecule has 0 saturated carbocycles. The largest absolute Gasteiger partial charge is 0.383 e. The number of carbonyl (C=O) groups excluding carboxylic acids is 2. The first kappa shape index (κ1) is 25.8. The summed E-state index contributed by atoms with van der Waals surface area (Å²) in [6.07, 6.45) is 0. The minimum Gasteiger partial charge on any atom is -0.383 e. The highest BCUT2D eigenvalue weighted by atomic mass is 32.2. The van der Waals surface area contributed by atoms with Crippen LogP contribution in [0, 0.1) is 11.6 Å². The zero-order chi connectivity index (χ0) is 25.4. The predicted octanol–water partition coefficient (Wildman–Crippen LogP) is 3.18. The molecule has 0 saturated heterocycles. The number of carbonyl (C=O) groups is 2. The van der Waals surface area contributed by atoms with Gasteiger partial charge < -0.3 is 15.4 Å². The van der Waals surface area contributed by atoms with Crippen molar-refractivity contribution in [1.29, 1.82) is 0 Å². The van der Waals surface area contributed by atoms with E-state index in [-0.39, 0.29) is 28.4 Å². The molecule has 8 nitrogen and oxygen atoms in total. The van der Waals surface area contributed by atoms with Crippen LogP contribution >= 0.6 is 0 Å². The first-order chi connectivity index (χ1) is 16.7. The maximum absolute atomic E-state index is 13.5. The van der Waals surface area contributed by atoms with Crippen LogP contribution in [0.15, 0.2) is 77.7 Å². The second kappa shape index (κ2) is 11.5. The Morgan fingerprint density at radius 3 is 2.14 bits per heavy atom. The molecule has 0 radical (unpaired) electrons. The minimum atomic E-state index is -4.32. The molecule has 0 aromatic heterocycles. The smallest absolute Gasteiger partial charge is 0.264 e. The van der Waals surface area contributed by atoms with Crippen molar-refractivity contribution in [2.24, 2.45) is 0 Å². The van der Waals surface area contributed by atoms with Crippen LogP contribution in [0.2, 0.25) is 0 Å². The van der Waals surface area contributed by atoms with Gasteiger partial charge in [0.1, 0.15) is 18.2 Å². The van der Waals surface area contributed by atoms with Gasteiger partial charge in [-0.1, -0.05) is 12.1 Å². The van der Waals surface area contributed by atoms with E-state index in [1.165, 1.54) is 31.4 Å². The Labute approximate surface area is 201 Å². The number of ether oxygens (including phenoxy) is 1. The molecule has 0 bridgehead atoms. The van der Waals surface area contributed by atoms with E-state index in [4.69, 9.17) is 4.74 Å². The molecular formula is C24H23F2N3O5S. The van der Waals surface area contributed by atoms with Crippen LogP contribution in [0.25, 0.3) is 0 Å². The van der Waals surface area contributed by atoms with Crippen molar-refractivity contribution in [2.75, 3.05) is 36.4 Å². The van der Waals surface area contributed by atoms with Crippen LogP contribution in [0.1, 0.15) is 10.4 Å². The Morgan fingerprint density at radius 2 is 1.51 bits per heavy atom. The Kier molecular flexibility index (Phi) is 8.50. The van der Waals surface area contributed by atoms with Gasteiger partial charge in [-0.3, -0.25) is 13.9 Å². The van der Waals surface area contributed by atoms with Crippen molar-refractivity contribution in [2.45, 2.75) is 4.90 Å². The van der Waals surface area contributed by atoms with Crippen LogP contribution in [0.5, 0.6) is 0 Å². The lowest BCUT2D eigenvalue weighted by Crippen LogP contribution is -2.38. The molecule has 0 fully saturated rings. The van der Waals surface area contributed by atoms with Crippen molar-refractivity contribution in [1.82, 2.24) is 5.32 Å². The first-order valence-corrected chi connectivity index (χ1v) is 11.9. The molecule has 0 unspecified atom stereocenters. The van der Waals surface area contributed by atoms with E-state index in [2.05, 4.69) is 10.6 Å². The molecule has 0 aliphatic carbocycles. The summed E-state index contributed by atoms with van der Waals surface area (Å²) in [6.45, 7) is -0.134. The van der Waals surface area contributed by atoms with Gasteiger partial charge in [0.25, 0.3) is 15.9 Å². The summed E-state index contributed by atoms with van der Waals surface area (Å²) >= 11 is 0. The zero-order valence-corrected chi connectivity index (χ0v) is 19.5. The van der Waals surface area contributed by atoms with E-state index >= 15 is 0 Å². The number of nitrogens with zero attached hydrogens (tertiary/aromatic N) is 1. The number of hydrogen-bond donors (Lipinski definition) is 2. The maximum atomic E-state index is 13.5. The summed E-state index contributed by atoms with van der Waals surface area (Å²) in [4.78, 5) is 25.2. The molecule has 3 aromatic carbocycles. The fraction of sp³-hybridized carbons (Fsp3) is 0.167. The van der Waals surface area contributed by atoms with E-state index in [1.54, 1.807) is 12.1 Å². The monoisotopic (exact) mass is 503 g/mol. The fourth-order valence-electron chi connectivity index (χ4n) is 3.13. The van der Waals surface area contributed by atoms with Crippen LogP contribution in [0.4, 0.5) is 20.2 Å². The highest BCUT2D eigenvalue weighted by Crippen LogP contribution is 2.25. The normalized spacial score (nSPS) is 11.1. The van der Waals surface area contributed by atoms with Gasteiger partial charge >= 0.3 is 0 Å². The molecule has 0 aliphatic heterocycles. The lowest BCUT2D eigenvalue weighted by molar-refractivity contribution is -0.114. The summed E-state index contributed by atoms with van der Waals surface area (Å²) in [5, 5.41) is 5.20. The standard InChI is InChI=1S/C24H23F2N3O5S/c1-34-15-14-27-24(31)21-4-2-3-5-22(21)28-23(30)16-29(19-10-6-17(25)7-11-19)35(32,33)20-12-8-18(26)9-13-20/h2-13H,14-16H2,1H3,(H,27,31)(H,28,30). The summed E-state index contributed by atoms with van der Waals surface area (Å²) in [5.41, 5.74) is 0.369. The number of hydrogen-bond acceptors (Lipinski definition) is 5. The first-order valence-electron chi connectivity index (χ1n) is 10.4. The molecule has 11 heteroatoms. The SMILES string of the molecule is COCCNC(=O)c1ccccc1NC(=O)CN(c1ccc(F)cc1)S(=O)(=O)c1ccc(F)cc1. The molecule has 0 spiro atoms. The molecule has 2 amide bonds.